The van der Waals surface area contributed by atoms with Crippen molar-refractivity contribution in [3.05, 3.63) is 0 Å². The maximum absolute atomic E-state index is 6.12. The summed E-state index contributed by atoms with van der Waals surface area (Å²) in [6.07, 6.45) is 8.03. The molecule has 0 bridgehead atoms. The van der Waals surface area contributed by atoms with Gasteiger partial charge in [0.05, 0.1) is 0 Å². The average Bonchev–Trinajstić information content (AvgIpc) is 2.53. The second-order valence-electron chi connectivity index (χ2n) is 5.63. The SMILES string of the molecule is CN1CCCC(CN)(N2CCCCC2)CC1. The number of hydrogen-bond donors (Lipinski definition) is 1. The zero-order valence-corrected chi connectivity index (χ0v) is 10.7. The molecule has 0 aromatic carbocycles. The van der Waals surface area contributed by atoms with Gasteiger partial charge in [-0.2, -0.15) is 0 Å². The molecule has 0 aromatic heterocycles. The van der Waals surface area contributed by atoms with Gasteiger partial charge in [0.1, 0.15) is 0 Å². The molecule has 2 heterocycles. The molecule has 3 nitrogen and oxygen atoms in total. The molecule has 1 atom stereocenters. The normalized spacial score (nSPS) is 34.9. The summed E-state index contributed by atoms with van der Waals surface area (Å²) in [6.45, 7) is 5.87. The first-order valence-corrected chi connectivity index (χ1v) is 6.90. The second kappa shape index (κ2) is 5.48. The number of hydrogen-bond acceptors (Lipinski definition) is 3. The standard InChI is InChI=1S/C13H27N3/c1-15-8-5-6-13(12-14,7-11-15)16-9-3-2-4-10-16/h2-12,14H2,1H3. The van der Waals surface area contributed by atoms with E-state index in [4.69, 9.17) is 5.73 Å². The molecule has 0 aliphatic carbocycles. The van der Waals surface area contributed by atoms with E-state index in [1.807, 2.05) is 0 Å². The topological polar surface area (TPSA) is 32.5 Å². The first-order valence-electron chi connectivity index (χ1n) is 6.90. The highest BCUT2D eigenvalue weighted by molar-refractivity contribution is 4.95. The molecule has 2 saturated heterocycles. The fraction of sp³-hybridized carbons (Fsp3) is 1.00. The molecule has 1 unspecified atom stereocenters. The van der Waals surface area contributed by atoms with E-state index < -0.39 is 0 Å². The summed E-state index contributed by atoms with van der Waals surface area (Å²) >= 11 is 0. The van der Waals surface area contributed by atoms with Crippen molar-refractivity contribution in [2.45, 2.75) is 44.1 Å². The zero-order chi connectivity index (χ0) is 11.4. The third kappa shape index (κ3) is 2.58. The van der Waals surface area contributed by atoms with Crippen molar-refractivity contribution in [2.24, 2.45) is 5.73 Å². The third-order valence-corrected chi connectivity index (χ3v) is 4.55. The predicted molar refractivity (Wildman–Crippen MR) is 68.6 cm³/mol. The molecule has 0 amide bonds. The average molecular weight is 225 g/mol. The Morgan fingerprint density at radius 3 is 2.38 bits per heavy atom. The lowest BCUT2D eigenvalue weighted by atomic mass is 9.87. The van der Waals surface area contributed by atoms with Crippen LogP contribution < -0.4 is 5.73 Å². The summed E-state index contributed by atoms with van der Waals surface area (Å²) in [5.74, 6) is 0. The molecule has 0 radical (unpaired) electrons. The third-order valence-electron chi connectivity index (χ3n) is 4.55. The minimum Gasteiger partial charge on any atom is -0.329 e. The van der Waals surface area contributed by atoms with Gasteiger partial charge in [0.2, 0.25) is 0 Å². The van der Waals surface area contributed by atoms with E-state index in [1.165, 1.54) is 64.7 Å². The number of nitrogens with zero attached hydrogens (tertiary/aromatic N) is 2. The Morgan fingerprint density at radius 2 is 1.69 bits per heavy atom. The smallest absolute Gasteiger partial charge is 0.0344 e. The van der Waals surface area contributed by atoms with E-state index in [1.54, 1.807) is 0 Å². The van der Waals surface area contributed by atoms with Crippen LogP contribution in [0.25, 0.3) is 0 Å². The Labute approximate surface area is 100.0 Å². The molecule has 3 heteroatoms. The van der Waals surface area contributed by atoms with Crippen molar-refractivity contribution in [2.75, 3.05) is 39.8 Å². The van der Waals surface area contributed by atoms with E-state index in [0.717, 1.165) is 6.54 Å². The van der Waals surface area contributed by atoms with Crippen molar-refractivity contribution in [1.82, 2.24) is 9.80 Å². The molecular weight excluding hydrogens is 198 g/mol. The zero-order valence-electron chi connectivity index (χ0n) is 10.7. The molecule has 2 rings (SSSR count). The second-order valence-corrected chi connectivity index (χ2v) is 5.63. The summed E-state index contributed by atoms with van der Waals surface area (Å²) in [6, 6.07) is 0. The molecule has 16 heavy (non-hydrogen) atoms. The summed E-state index contributed by atoms with van der Waals surface area (Å²) in [5, 5.41) is 0. The van der Waals surface area contributed by atoms with Crippen LogP contribution in [-0.4, -0.2) is 55.1 Å². The van der Waals surface area contributed by atoms with Gasteiger partial charge >= 0.3 is 0 Å². The lowest BCUT2D eigenvalue weighted by Gasteiger charge is -2.45. The number of rotatable bonds is 2. The molecule has 2 fully saturated rings. The molecule has 2 aliphatic heterocycles. The van der Waals surface area contributed by atoms with Gasteiger partial charge in [-0.1, -0.05) is 6.42 Å². The van der Waals surface area contributed by atoms with Gasteiger partial charge in [0, 0.05) is 12.1 Å². The quantitative estimate of drug-likeness (QED) is 0.768. The van der Waals surface area contributed by atoms with Crippen molar-refractivity contribution < 1.29 is 0 Å². The van der Waals surface area contributed by atoms with Gasteiger partial charge in [-0.3, -0.25) is 4.90 Å². The Balaban J connectivity index is 2.04. The molecule has 0 spiro atoms. The van der Waals surface area contributed by atoms with E-state index in [9.17, 15) is 0 Å². The minimum atomic E-state index is 0.325. The Morgan fingerprint density at radius 1 is 0.938 bits per heavy atom. The molecular formula is C13H27N3. The van der Waals surface area contributed by atoms with Gasteiger partial charge in [-0.15, -0.1) is 0 Å². The number of piperidine rings is 1. The van der Waals surface area contributed by atoms with Crippen LogP contribution in [0.2, 0.25) is 0 Å². The van der Waals surface area contributed by atoms with E-state index in [0.29, 0.717) is 5.54 Å². The fourth-order valence-corrected chi connectivity index (χ4v) is 3.33. The molecule has 2 N–H and O–H groups in total. The molecule has 94 valence electrons. The van der Waals surface area contributed by atoms with Gasteiger partial charge in [-0.25, -0.2) is 0 Å². The van der Waals surface area contributed by atoms with Crippen LogP contribution in [0, 0.1) is 0 Å². The summed E-state index contributed by atoms with van der Waals surface area (Å²) in [4.78, 5) is 5.16. The van der Waals surface area contributed by atoms with E-state index >= 15 is 0 Å². The van der Waals surface area contributed by atoms with Crippen LogP contribution in [-0.2, 0) is 0 Å². The maximum Gasteiger partial charge on any atom is 0.0344 e. The van der Waals surface area contributed by atoms with E-state index in [2.05, 4.69) is 16.8 Å². The number of nitrogens with two attached hydrogens (primary N) is 1. The van der Waals surface area contributed by atoms with Crippen LogP contribution in [0.1, 0.15) is 38.5 Å². The van der Waals surface area contributed by atoms with Crippen molar-refractivity contribution in [3.63, 3.8) is 0 Å². The van der Waals surface area contributed by atoms with Crippen LogP contribution in [0.3, 0.4) is 0 Å². The van der Waals surface area contributed by atoms with E-state index in [-0.39, 0.29) is 0 Å². The minimum absolute atomic E-state index is 0.325. The van der Waals surface area contributed by atoms with Gasteiger partial charge < -0.3 is 10.6 Å². The van der Waals surface area contributed by atoms with Crippen molar-refractivity contribution in [1.29, 1.82) is 0 Å². The first-order chi connectivity index (χ1) is 7.77. The Hall–Kier alpha value is -0.120. The van der Waals surface area contributed by atoms with Crippen LogP contribution in [0.5, 0.6) is 0 Å². The highest BCUT2D eigenvalue weighted by atomic mass is 15.2. The molecule has 0 saturated carbocycles. The predicted octanol–water partition coefficient (Wildman–Crippen LogP) is 1.29. The molecule has 2 aliphatic rings. The van der Waals surface area contributed by atoms with Crippen LogP contribution >= 0.6 is 0 Å². The van der Waals surface area contributed by atoms with Crippen molar-refractivity contribution in [3.8, 4) is 0 Å². The maximum atomic E-state index is 6.12. The van der Waals surface area contributed by atoms with Gasteiger partial charge in [0.25, 0.3) is 0 Å². The number of likely N-dealkylation sites (tertiary alicyclic amines) is 2. The summed E-state index contributed by atoms with van der Waals surface area (Å²) < 4.78 is 0. The lowest BCUT2D eigenvalue weighted by molar-refractivity contribution is 0.0594. The Kier molecular flexibility index (Phi) is 4.22. The Bertz CT molecular complexity index is 213. The largest absolute Gasteiger partial charge is 0.329 e. The molecule has 0 aromatic rings. The first kappa shape index (κ1) is 12.3. The van der Waals surface area contributed by atoms with Gasteiger partial charge in [-0.05, 0) is 65.3 Å². The van der Waals surface area contributed by atoms with Crippen molar-refractivity contribution >= 4 is 0 Å². The lowest BCUT2D eigenvalue weighted by Crippen LogP contribution is -2.55. The van der Waals surface area contributed by atoms with Crippen LogP contribution in [0.15, 0.2) is 0 Å². The fourth-order valence-electron chi connectivity index (χ4n) is 3.33. The monoisotopic (exact) mass is 225 g/mol. The highest BCUT2D eigenvalue weighted by Gasteiger charge is 2.36. The summed E-state index contributed by atoms with van der Waals surface area (Å²) in [5.41, 5.74) is 6.45. The van der Waals surface area contributed by atoms with Gasteiger partial charge in [0.15, 0.2) is 0 Å². The summed E-state index contributed by atoms with van der Waals surface area (Å²) in [7, 11) is 2.24. The van der Waals surface area contributed by atoms with Crippen LogP contribution in [0.4, 0.5) is 0 Å². The highest BCUT2D eigenvalue weighted by Crippen LogP contribution is 2.30.